The Labute approximate surface area is 96.1 Å². The summed E-state index contributed by atoms with van der Waals surface area (Å²) in [6.45, 7) is 9.48. The fraction of sp³-hybridized carbons (Fsp3) is 0.308. The van der Waals surface area contributed by atoms with Gasteiger partial charge in [0.2, 0.25) is 0 Å². The number of nitrogens with one attached hydrogen (secondary N) is 1. The standard InChI is InChI=1S/C13H17NO2/c1-9(2)11-7-5-6-8-12(11)16-13(15)14-10(3)4/h5-8,10H,1H2,2-4H3,(H,14,15). The lowest BCUT2D eigenvalue weighted by Crippen LogP contribution is -2.32. The van der Waals surface area contributed by atoms with E-state index in [9.17, 15) is 4.79 Å². The van der Waals surface area contributed by atoms with Gasteiger partial charge in [0.25, 0.3) is 0 Å². The van der Waals surface area contributed by atoms with Crippen LogP contribution in [0.15, 0.2) is 30.8 Å². The molecule has 0 saturated heterocycles. The van der Waals surface area contributed by atoms with E-state index in [1.165, 1.54) is 0 Å². The molecule has 1 aromatic carbocycles. The van der Waals surface area contributed by atoms with Crippen molar-refractivity contribution in [3.63, 3.8) is 0 Å². The van der Waals surface area contributed by atoms with Crippen LogP contribution in [-0.2, 0) is 0 Å². The highest BCUT2D eigenvalue weighted by Gasteiger charge is 2.09. The third-order valence-electron chi connectivity index (χ3n) is 1.96. The zero-order chi connectivity index (χ0) is 12.1. The third kappa shape index (κ3) is 3.42. The Kier molecular flexibility index (Phi) is 4.11. The molecule has 0 atom stereocenters. The van der Waals surface area contributed by atoms with Crippen LogP contribution in [0.2, 0.25) is 0 Å². The van der Waals surface area contributed by atoms with E-state index in [2.05, 4.69) is 11.9 Å². The molecule has 86 valence electrons. The summed E-state index contributed by atoms with van der Waals surface area (Å²) >= 11 is 0. The molecule has 1 aromatic rings. The lowest BCUT2D eigenvalue weighted by Gasteiger charge is -2.12. The average molecular weight is 219 g/mol. The van der Waals surface area contributed by atoms with Crippen LogP contribution < -0.4 is 10.1 Å². The maximum absolute atomic E-state index is 11.4. The maximum atomic E-state index is 11.4. The minimum absolute atomic E-state index is 0.0597. The number of hydrogen-bond donors (Lipinski definition) is 1. The fourth-order valence-corrected chi connectivity index (χ4v) is 1.27. The summed E-state index contributed by atoms with van der Waals surface area (Å²) in [5.74, 6) is 0.535. The predicted octanol–water partition coefficient (Wildman–Crippen LogP) is 3.22. The summed E-state index contributed by atoms with van der Waals surface area (Å²) < 4.78 is 5.21. The topological polar surface area (TPSA) is 38.3 Å². The van der Waals surface area contributed by atoms with Gasteiger partial charge in [-0.25, -0.2) is 4.79 Å². The second-order valence-corrected chi connectivity index (χ2v) is 3.97. The first-order chi connectivity index (χ1) is 7.50. The highest BCUT2D eigenvalue weighted by atomic mass is 16.6. The average Bonchev–Trinajstić information content (AvgIpc) is 2.16. The van der Waals surface area contributed by atoms with Gasteiger partial charge in [0.1, 0.15) is 5.75 Å². The van der Waals surface area contributed by atoms with Gasteiger partial charge in [0.15, 0.2) is 0 Å². The van der Waals surface area contributed by atoms with Crippen molar-refractivity contribution in [2.45, 2.75) is 26.8 Å². The molecule has 0 heterocycles. The van der Waals surface area contributed by atoms with E-state index in [0.717, 1.165) is 11.1 Å². The molecule has 0 radical (unpaired) electrons. The first-order valence-electron chi connectivity index (χ1n) is 5.24. The summed E-state index contributed by atoms with van der Waals surface area (Å²) in [4.78, 5) is 11.4. The summed E-state index contributed by atoms with van der Waals surface area (Å²) in [6, 6.07) is 7.40. The van der Waals surface area contributed by atoms with Gasteiger partial charge in [-0.1, -0.05) is 24.8 Å². The van der Waals surface area contributed by atoms with E-state index in [1.807, 2.05) is 39.0 Å². The Morgan fingerprint density at radius 3 is 2.56 bits per heavy atom. The fourth-order valence-electron chi connectivity index (χ4n) is 1.27. The molecule has 3 heteroatoms. The smallest absolute Gasteiger partial charge is 0.410 e. The highest BCUT2D eigenvalue weighted by Crippen LogP contribution is 2.24. The summed E-state index contributed by atoms with van der Waals surface area (Å²) in [5, 5.41) is 2.67. The molecule has 3 nitrogen and oxygen atoms in total. The van der Waals surface area contributed by atoms with Crippen LogP contribution in [-0.4, -0.2) is 12.1 Å². The van der Waals surface area contributed by atoms with Gasteiger partial charge in [-0.05, 0) is 32.4 Å². The number of hydrogen-bond acceptors (Lipinski definition) is 2. The van der Waals surface area contributed by atoms with Crippen LogP contribution in [0.3, 0.4) is 0 Å². The number of amides is 1. The van der Waals surface area contributed by atoms with E-state index >= 15 is 0 Å². The van der Waals surface area contributed by atoms with Crippen LogP contribution in [0.1, 0.15) is 26.3 Å². The van der Waals surface area contributed by atoms with Gasteiger partial charge >= 0.3 is 6.09 Å². The molecule has 1 amide bonds. The van der Waals surface area contributed by atoms with Crippen molar-refractivity contribution < 1.29 is 9.53 Å². The Hall–Kier alpha value is -1.77. The van der Waals surface area contributed by atoms with E-state index in [4.69, 9.17) is 4.74 Å². The van der Waals surface area contributed by atoms with Crippen LogP contribution >= 0.6 is 0 Å². The zero-order valence-corrected chi connectivity index (χ0v) is 9.91. The molecule has 1 N–H and O–H groups in total. The molecule has 16 heavy (non-hydrogen) atoms. The molecule has 0 unspecified atom stereocenters. The third-order valence-corrected chi connectivity index (χ3v) is 1.96. The zero-order valence-electron chi connectivity index (χ0n) is 9.91. The van der Waals surface area contributed by atoms with Crippen molar-refractivity contribution in [2.75, 3.05) is 0 Å². The van der Waals surface area contributed by atoms with Crippen LogP contribution in [0, 0.1) is 0 Å². The van der Waals surface area contributed by atoms with Crippen LogP contribution in [0.4, 0.5) is 4.79 Å². The summed E-state index contributed by atoms with van der Waals surface area (Å²) in [7, 11) is 0. The molecular formula is C13H17NO2. The Morgan fingerprint density at radius 2 is 2.00 bits per heavy atom. The lowest BCUT2D eigenvalue weighted by molar-refractivity contribution is 0.197. The second kappa shape index (κ2) is 5.35. The van der Waals surface area contributed by atoms with E-state index in [0.29, 0.717) is 5.75 Å². The number of benzene rings is 1. The number of rotatable bonds is 3. The van der Waals surface area contributed by atoms with Crippen molar-refractivity contribution >= 4 is 11.7 Å². The van der Waals surface area contributed by atoms with E-state index in [-0.39, 0.29) is 6.04 Å². The lowest BCUT2D eigenvalue weighted by atomic mass is 10.1. The first-order valence-corrected chi connectivity index (χ1v) is 5.24. The Morgan fingerprint density at radius 1 is 1.38 bits per heavy atom. The van der Waals surface area contributed by atoms with E-state index in [1.54, 1.807) is 6.07 Å². The van der Waals surface area contributed by atoms with Gasteiger partial charge < -0.3 is 10.1 Å². The normalized spacial score (nSPS) is 10.0. The van der Waals surface area contributed by atoms with Crippen LogP contribution in [0.25, 0.3) is 5.57 Å². The number of carbonyl (C=O) groups excluding carboxylic acids is 1. The second-order valence-electron chi connectivity index (χ2n) is 3.97. The SMILES string of the molecule is C=C(C)c1ccccc1OC(=O)NC(C)C. The Balaban J connectivity index is 2.81. The maximum Gasteiger partial charge on any atom is 0.412 e. The minimum Gasteiger partial charge on any atom is -0.410 e. The monoisotopic (exact) mass is 219 g/mol. The molecular weight excluding hydrogens is 202 g/mol. The number of allylic oxidation sites excluding steroid dienone is 1. The molecule has 1 rings (SSSR count). The van der Waals surface area contributed by atoms with Crippen molar-refractivity contribution in [3.8, 4) is 5.75 Å². The number of carbonyl (C=O) groups is 1. The van der Waals surface area contributed by atoms with E-state index < -0.39 is 6.09 Å². The molecule has 0 aliphatic carbocycles. The van der Waals surface area contributed by atoms with Crippen LogP contribution in [0.5, 0.6) is 5.75 Å². The largest absolute Gasteiger partial charge is 0.412 e. The number of ether oxygens (including phenoxy) is 1. The van der Waals surface area contributed by atoms with Crippen molar-refractivity contribution in [1.29, 1.82) is 0 Å². The van der Waals surface area contributed by atoms with Gasteiger partial charge in [0.05, 0.1) is 0 Å². The van der Waals surface area contributed by atoms with Gasteiger partial charge in [-0.2, -0.15) is 0 Å². The quantitative estimate of drug-likeness (QED) is 0.847. The van der Waals surface area contributed by atoms with Crippen molar-refractivity contribution in [3.05, 3.63) is 36.4 Å². The summed E-state index contributed by atoms with van der Waals surface area (Å²) in [6.07, 6.45) is -0.441. The molecule has 0 saturated carbocycles. The molecule has 0 aliphatic heterocycles. The molecule has 0 aromatic heterocycles. The first kappa shape index (κ1) is 12.3. The van der Waals surface area contributed by atoms with Gasteiger partial charge in [-0.15, -0.1) is 0 Å². The predicted molar refractivity (Wildman–Crippen MR) is 65.4 cm³/mol. The van der Waals surface area contributed by atoms with Crippen molar-refractivity contribution in [1.82, 2.24) is 5.32 Å². The van der Waals surface area contributed by atoms with Gasteiger partial charge in [-0.3, -0.25) is 0 Å². The highest BCUT2D eigenvalue weighted by molar-refractivity contribution is 5.75. The van der Waals surface area contributed by atoms with Gasteiger partial charge in [0, 0.05) is 11.6 Å². The minimum atomic E-state index is -0.441. The summed E-state index contributed by atoms with van der Waals surface area (Å²) in [5.41, 5.74) is 1.72. The molecule has 0 bridgehead atoms. The number of para-hydroxylation sites is 1. The molecule has 0 spiro atoms. The molecule has 0 aliphatic rings. The molecule has 0 fully saturated rings. The van der Waals surface area contributed by atoms with Crippen molar-refractivity contribution in [2.24, 2.45) is 0 Å². The Bertz CT molecular complexity index is 397.